The number of carboxylic acid groups (broad SMARTS) is 1. The van der Waals surface area contributed by atoms with Crippen molar-refractivity contribution in [3.8, 4) is 17.6 Å². The molecule has 2 rings (SSSR count). The van der Waals surface area contributed by atoms with Gasteiger partial charge in [-0.1, -0.05) is 23.2 Å². The van der Waals surface area contributed by atoms with Crippen molar-refractivity contribution < 1.29 is 19.4 Å². The van der Waals surface area contributed by atoms with Gasteiger partial charge in [0.15, 0.2) is 0 Å². The van der Waals surface area contributed by atoms with E-state index in [1.165, 1.54) is 31.5 Å². The molecule has 2 aromatic rings. The van der Waals surface area contributed by atoms with E-state index in [9.17, 15) is 4.79 Å². The van der Waals surface area contributed by atoms with Crippen LogP contribution in [0.1, 0.15) is 10.4 Å². The minimum atomic E-state index is -1.16. The van der Waals surface area contributed by atoms with Crippen molar-refractivity contribution in [3.05, 3.63) is 40.0 Å². The highest BCUT2D eigenvalue weighted by Crippen LogP contribution is 2.32. The largest absolute Gasteiger partial charge is 0.478 e. The van der Waals surface area contributed by atoms with Gasteiger partial charge < -0.3 is 14.6 Å². The fourth-order valence-corrected chi connectivity index (χ4v) is 1.66. The molecule has 6 nitrogen and oxygen atoms in total. The summed E-state index contributed by atoms with van der Waals surface area (Å²) in [6.07, 6.45) is 1.29. The lowest BCUT2D eigenvalue weighted by molar-refractivity contribution is 0.0694. The van der Waals surface area contributed by atoms with Gasteiger partial charge in [-0.15, -0.1) is 0 Å². The molecule has 1 heterocycles. The molecule has 1 N–H and O–H groups in total. The molecule has 20 heavy (non-hydrogen) atoms. The number of ether oxygens (including phenoxy) is 2. The first kappa shape index (κ1) is 14.4. The molecule has 1 aromatic heterocycles. The Kier molecular flexibility index (Phi) is 4.26. The Morgan fingerprint density at radius 3 is 2.75 bits per heavy atom. The first-order valence-electron chi connectivity index (χ1n) is 5.28. The monoisotopic (exact) mass is 314 g/mol. The van der Waals surface area contributed by atoms with E-state index >= 15 is 0 Å². The maximum atomic E-state index is 11.1. The van der Waals surface area contributed by atoms with Crippen LogP contribution in [0.15, 0.2) is 24.4 Å². The summed E-state index contributed by atoms with van der Waals surface area (Å²) < 4.78 is 10.2. The van der Waals surface area contributed by atoms with Crippen molar-refractivity contribution in [2.75, 3.05) is 7.11 Å². The second kappa shape index (κ2) is 5.94. The number of aromatic nitrogens is 2. The van der Waals surface area contributed by atoms with Crippen LogP contribution in [-0.2, 0) is 0 Å². The number of nitrogens with zero attached hydrogens (tertiary/aromatic N) is 2. The maximum Gasteiger partial charge on any atom is 0.339 e. The van der Waals surface area contributed by atoms with Crippen molar-refractivity contribution in [1.82, 2.24) is 9.97 Å². The summed E-state index contributed by atoms with van der Waals surface area (Å²) in [5, 5.41) is 9.53. The highest BCUT2D eigenvalue weighted by molar-refractivity contribution is 6.31. The van der Waals surface area contributed by atoms with Crippen LogP contribution in [0, 0.1) is 0 Å². The third kappa shape index (κ3) is 3.09. The summed E-state index contributed by atoms with van der Waals surface area (Å²) >= 11 is 11.7. The van der Waals surface area contributed by atoms with E-state index < -0.39 is 5.97 Å². The predicted molar refractivity (Wildman–Crippen MR) is 72.1 cm³/mol. The third-order valence-electron chi connectivity index (χ3n) is 2.25. The van der Waals surface area contributed by atoms with E-state index in [1.54, 1.807) is 0 Å². The number of hydrogen-bond donors (Lipinski definition) is 1. The van der Waals surface area contributed by atoms with Crippen molar-refractivity contribution in [2.45, 2.75) is 0 Å². The third-order valence-corrected chi connectivity index (χ3v) is 2.75. The summed E-state index contributed by atoms with van der Waals surface area (Å²) in [6, 6.07) is 4.17. The Hall–Kier alpha value is -2.05. The fourth-order valence-electron chi connectivity index (χ4n) is 1.37. The Labute approximate surface area is 123 Å². The number of aromatic carboxylic acids is 1. The smallest absolute Gasteiger partial charge is 0.339 e. The molecule has 0 bridgehead atoms. The van der Waals surface area contributed by atoms with E-state index in [0.717, 1.165) is 0 Å². The second-order valence-corrected chi connectivity index (χ2v) is 4.40. The maximum absolute atomic E-state index is 11.1. The number of halogens is 2. The van der Waals surface area contributed by atoms with Crippen molar-refractivity contribution in [2.24, 2.45) is 0 Å². The summed E-state index contributed by atoms with van der Waals surface area (Å²) in [5.41, 5.74) is -0.0666. The molecule has 0 radical (unpaired) electrons. The molecule has 0 fully saturated rings. The van der Waals surface area contributed by atoms with Crippen LogP contribution in [0.2, 0.25) is 10.0 Å². The van der Waals surface area contributed by atoms with Gasteiger partial charge in [0.05, 0.1) is 13.3 Å². The molecule has 0 aliphatic rings. The Morgan fingerprint density at radius 1 is 1.35 bits per heavy atom. The summed E-state index contributed by atoms with van der Waals surface area (Å²) in [7, 11) is 1.38. The van der Waals surface area contributed by atoms with Crippen molar-refractivity contribution in [1.29, 1.82) is 0 Å². The topological polar surface area (TPSA) is 81.5 Å². The molecule has 104 valence electrons. The van der Waals surface area contributed by atoms with Gasteiger partial charge in [0.1, 0.15) is 16.3 Å². The first-order chi connectivity index (χ1) is 9.51. The number of benzene rings is 1. The average molecular weight is 315 g/mol. The van der Waals surface area contributed by atoms with Crippen LogP contribution >= 0.6 is 23.2 Å². The quantitative estimate of drug-likeness (QED) is 0.932. The van der Waals surface area contributed by atoms with Gasteiger partial charge in [-0.2, -0.15) is 4.98 Å². The molecule has 0 unspecified atom stereocenters. The lowest BCUT2D eigenvalue weighted by Gasteiger charge is -2.10. The minimum absolute atomic E-state index is 0.0210. The Bertz CT molecular complexity index is 664. The van der Waals surface area contributed by atoms with E-state index in [4.69, 9.17) is 37.8 Å². The predicted octanol–water partition coefficient (Wildman–Crippen LogP) is 3.28. The summed E-state index contributed by atoms with van der Waals surface area (Å²) in [6.45, 7) is 0. The van der Waals surface area contributed by atoms with Crippen molar-refractivity contribution >= 4 is 29.2 Å². The summed E-state index contributed by atoms with van der Waals surface area (Å²) in [4.78, 5) is 18.8. The average Bonchev–Trinajstić information content (AvgIpc) is 2.41. The number of carboxylic acids is 1. The molecule has 0 aliphatic heterocycles. The van der Waals surface area contributed by atoms with E-state index in [1.807, 2.05) is 0 Å². The molecular formula is C12H8Cl2N2O4. The zero-order chi connectivity index (χ0) is 14.7. The minimum Gasteiger partial charge on any atom is -0.478 e. The molecule has 0 atom stereocenters. The van der Waals surface area contributed by atoms with Crippen LogP contribution < -0.4 is 9.47 Å². The zero-order valence-electron chi connectivity index (χ0n) is 10.1. The van der Waals surface area contributed by atoms with E-state index in [0.29, 0.717) is 5.02 Å². The van der Waals surface area contributed by atoms with E-state index in [-0.39, 0.29) is 28.2 Å². The van der Waals surface area contributed by atoms with Crippen LogP contribution in [0.4, 0.5) is 0 Å². The molecule has 0 spiro atoms. The molecular weight excluding hydrogens is 307 g/mol. The highest BCUT2D eigenvalue weighted by Gasteiger charge is 2.15. The van der Waals surface area contributed by atoms with Gasteiger partial charge in [0.25, 0.3) is 0 Å². The van der Waals surface area contributed by atoms with Crippen LogP contribution in [0.5, 0.6) is 17.6 Å². The second-order valence-electron chi connectivity index (χ2n) is 3.56. The zero-order valence-corrected chi connectivity index (χ0v) is 11.6. The molecule has 0 amide bonds. The number of carbonyl (C=O) groups is 1. The number of methoxy groups -OCH3 is 1. The van der Waals surface area contributed by atoms with Crippen LogP contribution in [-0.4, -0.2) is 28.2 Å². The molecule has 8 heteroatoms. The van der Waals surface area contributed by atoms with Gasteiger partial charge >= 0.3 is 12.0 Å². The Morgan fingerprint density at radius 2 is 2.10 bits per heavy atom. The lowest BCUT2D eigenvalue weighted by atomic mass is 10.2. The van der Waals surface area contributed by atoms with Gasteiger partial charge in [0.2, 0.25) is 5.88 Å². The Balaban J connectivity index is 2.43. The van der Waals surface area contributed by atoms with Crippen LogP contribution in [0.3, 0.4) is 0 Å². The van der Waals surface area contributed by atoms with Gasteiger partial charge in [-0.05, 0) is 12.1 Å². The standard InChI is InChI=1S/C12H8Cl2N2O4/c1-19-12-15-5-8(14)10(16-12)20-9-4-6(13)2-3-7(9)11(17)18/h2-5H,1H3,(H,17,18). The van der Waals surface area contributed by atoms with Crippen molar-refractivity contribution in [3.63, 3.8) is 0 Å². The molecule has 0 saturated heterocycles. The normalized spacial score (nSPS) is 10.2. The van der Waals surface area contributed by atoms with Crippen LogP contribution in [0.25, 0.3) is 0 Å². The fraction of sp³-hybridized carbons (Fsp3) is 0.0833. The highest BCUT2D eigenvalue weighted by atomic mass is 35.5. The molecule has 0 saturated carbocycles. The lowest BCUT2D eigenvalue weighted by Crippen LogP contribution is -2.01. The SMILES string of the molecule is COc1ncc(Cl)c(Oc2cc(Cl)ccc2C(=O)O)n1. The van der Waals surface area contributed by atoms with Gasteiger partial charge in [-0.25, -0.2) is 9.78 Å². The number of rotatable bonds is 4. The molecule has 1 aromatic carbocycles. The van der Waals surface area contributed by atoms with E-state index in [2.05, 4.69) is 9.97 Å². The summed E-state index contributed by atoms with van der Waals surface area (Å²) in [5.74, 6) is -1.16. The first-order valence-corrected chi connectivity index (χ1v) is 6.04. The van der Waals surface area contributed by atoms with Gasteiger partial charge in [-0.3, -0.25) is 0 Å². The number of hydrogen-bond acceptors (Lipinski definition) is 5. The molecule has 0 aliphatic carbocycles. The van der Waals surface area contributed by atoms with Gasteiger partial charge in [0, 0.05) is 11.1 Å².